The Bertz CT molecular complexity index is 833. The van der Waals surface area contributed by atoms with E-state index in [4.69, 9.17) is 11.6 Å². The van der Waals surface area contributed by atoms with Gasteiger partial charge in [0.15, 0.2) is 5.82 Å². The average molecular weight is 372 g/mol. The number of nitrogens with one attached hydrogen (secondary N) is 1. The summed E-state index contributed by atoms with van der Waals surface area (Å²) < 4.78 is 1.66. The van der Waals surface area contributed by atoms with Crippen LogP contribution >= 0.6 is 23.4 Å². The molecule has 0 aliphatic carbocycles. The van der Waals surface area contributed by atoms with Crippen LogP contribution in [0.3, 0.4) is 0 Å². The van der Waals surface area contributed by atoms with Gasteiger partial charge in [0, 0.05) is 24.3 Å². The Hall–Kier alpha value is -2.24. The van der Waals surface area contributed by atoms with Crippen molar-refractivity contribution < 1.29 is 4.79 Å². The van der Waals surface area contributed by atoms with Gasteiger partial charge in [0.1, 0.15) is 0 Å². The number of anilines is 1. The van der Waals surface area contributed by atoms with E-state index in [-0.39, 0.29) is 11.2 Å². The van der Waals surface area contributed by atoms with Crippen LogP contribution in [0.1, 0.15) is 16.4 Å². The third kappa shape index (κ3) is 4.87. The van der Waals surface area contributed by atoms with Crippen molar-refractivity contribution in [1.82, 2.24) is 9.78 Å². The molecule has 1 atom stereocenters. The van der Waals surface area contributed by atoms with Gasteiger partial charge in [-0.1, -0.05) is 54.1 Å². The fourth-order valence-electron chi connectivity index (χ4n) is 2.47. The van der Waals surface area contributed by atoms with Crippen LogP contribution in [0.2, 0.25) is 5.02 Å². The van der Waals surface area contributed by atoms with Crippen molar-refractivity contribution >= 4 is 35.1 Å². The zero-order valence-electron chi connectivity index (χ0n) is 13.7. The van der Waals surface area contributed by atoms with Crippen LogP contribution in [0.15, 0.2) is 66.9 Å². The lowest BCUT2D eigenvalue weighted by Crippen LogP contribution is -2.15. The Morgan fingerprint density at radius 2 is 1.80 bits per heavy atom. The number of aromatic nitrogens is 2. The van der Waals surface area contributed by atoms with E-state index < -0.39 is 0 Å². The molecule has 3 aromatic rings. The zero-order valence-corrected chi connectivity index (χ0v) is 15.3. The normalized spacial score (nSPS) is 11.9. The molecule has 1 heterocycles. The minimum atomic E-state index is -0.0707. The standard InChI is InChI=1S/C19H18ClN3OS/c1-23-12-11-17(22-23)21-18(24)13-25-19(14-5-3-2-4-6-14)15-7-9-16(20)10-8-15/h2-12,19H,13H2,1H3,(H,21,22,24). The molecule has 0 fully saturated rings. The molecular weight excluding hydrogens is 354 g/mol. The number of halogens is 1. The number of carbonyl (C=O) groups is 1. The predicted molar refractivity (Wildman–Crippen MR) is 104 cm³/mol. The van der Waals surface area contributed by atoms with Crippen LogP contribution in [-0.2, 0) is 11.8 Å². The second-order valence-corrected chi connectivity index (χ2v) is 7.11. The van der Waals surface area contributed by atoms with Gasteiger partial charge in [-0.3, -0.25) is 9.48 Å². The molecule has 0 aliphatic heterocycles. The zero-order chi connectivity index (χ0) is 17.6. The van der Waals surface area contributed by atoms with Crippen LogP contribution in [0, 0.1) is 0 Å². The minimum absolute atomic E-state index is 0.0629. The summed E-state index contributed by atoms with van der Waals surface area (Å²) in [5.41, 5.74) is 2.27. The number of hydrogen-bond donors (Lipinski definition) is 1. The summed E-state index contributed by atoms with van der Waals surface area (Å²) in [4.78, 5) is 12.2. The maximum Gasteiger partial charge on any atom is 0.235 e. The third-order valence-corrected chi connectivity index (χ3v) is 5.20. The summed E-state index contributed by atoms with van der Waals surface area (Å²) in [6, 6.07) is 19.7. The van der Waals surface area contributed by atoms with Crippen LogP contribution in [0.25, 0.3) is 0 Å². The molecule has 3 rings (SSSR count). The first-order valence-corrected chi connectivity index (χ1v) is 9.26. The molecule has 0 radical (unpaired) electrons. The molecule has 2 aromatic carbocycles. The lowest BCUT2D eigenvalue weighted by atomic mass is 10.0. The fraction of sp³-hybridized carbons (Fsp3) is 0.158. The van der Waals surface area contributed by atoms with Gasteiger partial charge in [-0.15, -0.1) is 11.8 Å². The Morgan fingerprint density at radius 3 is 2.44 bits per heavy atom. The first-order chi connectivity index (χ1) is 12.1. The monoisotopic (exact) mass is 371 g/mol. The van der Waals surface area contributed by atoms with Crippen molar-refractivity contribution in [1.29, 1.82) is 0 Å². The van der Waals surface area contributed by atoms with Gasteiger partial charge in [-0.05, 0) is 23.3 Å². The number of benzene rings is 2. The second-order valence-electron chi connectivity index (χ2n) is 5.58. The summed E-state index contributed by atoms with van der Waals surface area (Å²) in [6.07, 6.45) is 1.79. The number of aryl methyl sites for hydroxylation is 1. The van der Waals surface area contributed by atoms with Crippen molar-refractivity contribution in [2.75, 3.05) is 11.1 Å². The van der Waals surface area contributed by atoms with Gasteiger partial charge in [0.2, 0.25) is 5.91 Å². The molecule has 1 unspecified atom stereocenters. The first kappa shape index (κ1) is 17.6. The van der Waals surface area contributed by atoms with E-state index in [1.165, 1.54) is 0 Å². The van der Waals surface area contributed by atoms with Crippen LogP contribution in [0.4, 0.5) is 5.82 Å². The van der Waals surface area contributed by atoms with Crippen molar-refractivity contribution in [3.8, 4) is 0 Å². The van der Waals surface area contributed by atoms with Gasteiger partial charge in [-0.25, -0.2) is 0 Å². The van der Waals surface area contributed by atoms with Crippen LogP contribution in [0.5, 0.6) is 0 Å². The number of nitrogens with zero attached hydrogens (tertiary/aromatic N) is 2. The SMILES string of the molecule is Cn1ccc(NC(=O)CSC(c2ccccc2)c2ccc(Cl)cc2)n1. The van der Waals surface area contributed by atoms with Crippen molar-refractivity contribution in [3.63, 3.8) is 0 Å². The van der Waals surface area contributed by atoms with E-state index in [0.717, 1.165) is 11.1 Å². The second kappa shape index (κ2) is 8.23. The number of amides is 1. The maximum atomic E-state index is 12.2. The Labute approximate surface area is 156 Å². The highest BCUT2D eigenvalue weighted by atomic mass is 35.5. The van der Waals surface area contributed by atoms with E-state index >= 15 is 0 Å². The van der Waals surface area contributed by atoms with E-state index in [0.29, 0.717) is 16.6 Å². The van der Waals surface area contributed by atoms with Crippen molar-refractivity contribution in [3.05, 3.63) is 83.0 Å². The molecule has 128 valence electrons. The van der Waals surface area contributed by atoms with Gasteiger partial charge in [0.05, 0.1) is 11.0 Å². The molecule has 1 N–H and O–H groups in total. The molecule has 4 nitrogen and oxygen atoms in total. The molecule has 0 saturated carbocycles. The largest absolute Gasteiger partial charge is 0.308 e. The maximum absolute atomic E-state index is 12.2. The molecule has 6 heteroatoms. The number of thioether (sulfide) groups is 1. The van der Waals surface area contributed by atoms with Crippen molar-refractivity contribution in [2.24, 2.45) is 7.05 Å². The highest BCUT2D eigenvalue weighted by molar-refractivity contribution is 8.00. The number of hydrogen-bond acceptors (Lipinski definition) is 3. The van der Waals surface area contributed by atoms with E-state index in [2.05, 4.69) is 22.5 Å². The highest BCUT2D eigenvalue weighted by Gasteiger charge is 2.17. The summed E-state index contributed by atoms with van der Waals surface area (Å²) in [6.45, 7) is 0. The number of carbonyl (C=O) groups excluding carboxylic acids is 1. The van der Waals surface area contributed by atoms with Gasteiger partial charge >= 0.3 is 0 Å². The lowest BCUT2D eigenvalue weighted by molar-refractivity contribution is -0.113. The third-order valence-electron chi connectivity index (χ3n) is 3.64. The predicted octanol–water partition coefficient (Wildman–Crippen LogP) is 4.53. The van der Waals surface area contributed by atoms with E-state index in [1.54, 1.807) is 28.7 Å². The van der Waals surface area contributed by atoms with Gasteiger partial charge < -0.3 is 5.32 Å². The summed E-state index contributed by atoms with van der Waals surface area (Å²) in [7, 11) is 1.82. The number of rotatable bonds is 6. The summed E-state index contributed by atoms with van der Waals surface area (Å²) in [5, 5.41) is 7.75. The van der Waals surface area contributed by atoms with Gasteiger partial charge in [-0.2, -0.15) is 5.10 Å². The van der Waals surface area contributed by atoms with E-state index in [9.17, 15) is 4.79 Å². The molecule has 1 aromatic heterocycles. The smallest absolute Gasteiger partial charge is 0.235 e. The fourth-order valence-corrected chi connectivity index (χ4v) is 3.69. The first-order valence-electron chi connectivity index (χ1n) is 7.83. The van der Waals surface area contributed by atoms with Crippen molar-refractivity contribution in [2.45, 2.75) is 5.25 Å². The van der Waals surface area contributed by atoms with E-state index in [1.807, 2.05) is 49.5 Å². The van der Waals surface area contributed by atoms with Crippen LogP contribution in [-0.4, -0.2) is 21.4 Å². The van der Waals surface area contributed by atoms with Gasteiger partial charge in [0.25, 0.3) is 0 Å². The molecular formula is C19H18ClN3OS. The highest BCUT2D eigenvalue weighted by Crippen LogP contribution is 2.36. The van der Waals surface area contributed by atoms with Crippen LogP contribution < -0.4 is 5.32 Å². The molecule has 0 bridgehead atoms. The molecule has 0 aliphatic rings. The Kier molecular flexibility index (Phi) is 5.79. The summed E-state index contributed by atoms with van der Waals surface area (Å²) >= 11 is 7.58. The average Bonchev–Trinajstić information content (AvgIpc) is 3.02. The topological polar surface area (TPSA) is 46.9 Å². The quantitative estimate of drug-likeness (QED) is 0.692. The Morgan fingerprint density at radius 1 is 1.12 bits per heavy atom. The Balaban J connectivity index is 1.71. The molecule has 0 spiro atoms. The minimum Gasteiger partial charge on any atom is -0.308 e. The lowest BCUT2D eigenvalue weighted by Gasteiger charge is -2.17. The molecule has 25 heavy (non-hydrogen) atoms. The molecule has 1 amide bonds. The summed E-state index contributed by atoms with van der Waals surface area (Å²) in [5.74, 6) is 0.827. The molecule has 0 saturated heterocycles.